The Morgan fingerprint density at radius 2 is 1.88 bits per heavy atom. The van der Waals surface area contributed by atoms with E-state index in [2.05, 4.69) is 20.6 Å². The van der Waals surface area contributed by atoms with Crippen LogP contribution < -0.4 is 15.5 Å². The monoisotopic (exact) mass is 457 g/mol. The van der Waals surface area contributed by atoms with Gasteiger partial charge in [0, 0.05) is 27.7 Å². The molecule has 0 aliphatic carbocycles. The van der Waals surface area contributed by atoms with Gasteiger partial charge in [0.1, 0.15) is 11.6 Å². The highest BCUT2D eigenvalue weighted by atomic mass is 127. The van der Waals surface area contributed by atoms with E-state index in [9.17, 15) is 4.39 Å². The fourth-order valence-corrected chi connectivity index (χ4v) is 2.21. The number of benzene rings is 1. The second-order valence-electron chi connectivity index (χ2n) is 5.74. The first-order chi connectivity index (χ1) is 11.5. The zero-order chi connectivity index (χ0) is 17.5. The number of hydrogen-bond donors (Lipinski definition) is 2. The molecule has 0 aliphatic rings. The van der Waals surface area contributed by atoms with Crippen LogP contribution in [0.4, 0.5) is 10.2 Å². The van der Waals surface area contributed by atoms with E-state index in [0.29, 0.717) is 24.6 Å². The van der Waals surface area contributed by atoms with Gasteiger partial charge in [-0.3, -0.25) is 4.99 Å². The van der Waals surface area contributed by atoms with Gasteiger partial charge in [-0.2, -0.15) is 0 Å². The summed E-state index contributed by atoms with van der Waals surface area (Å²) in [5, 5.41) is 6.45. The highest BCUT2D eigenvalue weighted by molar-refractivity contribution is 14.0. The Labute approximate surface area is 165 Å². The van der Waals surface area contributed by atoms with Crippen molar-refractivity contribution in [3.05, 3.63) is 59.0 Å². The number of anilines is 1. The van der Waals surface area contributed by atoms with Gasteiger partial charge in [0.05, 0.1) is 12.2 Å². The molecule has 7 heteroatoms. The molecule has 5 nitrogen and oxygen atoms in total. The number of aromatic nitrogens is 1. The van der Waals surface area contributed by atoms with Gasteiger partial charge in [0.15, 0.2) is 5.96 Å². The number of nitrogens with one attached hydrogen (secondary N) is 2. The SMILES string of the molecule is CN=C(NCc1ccc(F)c(C)c1)NCc1cccc(N(C)C)n1.I. The van der Waals surface area contributed by atoms with Gasteiger partial charge in [-0.15, -0.1) is 24.0 Å². The average Bonchev–Trinajstić information content (AvgIpc) is 2.58. The van der Waals surface area contributed by atoms with E-state index in [1.54, 1.807) is 20.0 Å². The maximum atomic E-state index is 13.3. The van der Waals surface area contributed by atoms with Crippen LogP contribution in [-0.4, -0.2) is 32.1 Å². The van der Waals surface area contributed by atoms with Crippen LogP contribution in [0.5, 0.6) is 0 Å². The van der Waals surface area contributed by atoms with Gasteiger partial charge in [-0.1, -0.05) is 18.2 Å². The van der Waals surface area contributed by atoms with Crippen molar-refractivity contribution in [1.29, 1.82) is 0 Å². The molecule has 0 spiro atoms. The molecule has 0 unspecified atom stereocenters. The molecule has 0 bridgehead atoms. The molecule has 0 saturated carbocycles. The number of pyridine rings is 1. The molecule has 0 aliphatic heterocycles. The molecule has 0 saturated heterocycles. The lowest BCUT2D eigenvalue weighted by molar-refractivity contribution is 0.617. The van der Waals surface area contributed by atoms with Gasteiger partial charge in [0.2, 0.25) is 0 Å². The molecule has 1 aromatic heterocycles. The first kappa shape index (κ1) is 21.1. The highest BCUT2D eigenvalue weighted by Gasteiger charge is 2.03. The molecular weight excluding hydrogens is 432 g/mol. The van der Waals surface area contributed by atoms with Crippen LogP contribution in [0.15, 0.2) is 41.4 Å². The van der Waals surface area contributed by atoms with Gasteiger partial charge in [-0.05, 0) is 36.2 Å². The Morgan fingerprint density at radius 3 is 2.52 bits per heavy atom. The number of hydrogen-bond acceptors (Lipinski definition) is 3. The van der Waals surface area contributed by atoms with E-state index < -0.39 is 0 Å². The zero-order valence-corrected chi connectivity index (χ0v) is 17.3. The van der Waals surface area contributed by atoms with Gasteiger partial charge in [-0.25, -0.2) is 9.37 Å². The van der Waals surface area contributed by atoms with Crippen LogP contribution in [0.1, 0.15) is 16.8 Å². The summed E-state index contributed by atoms with van der Waals surface area (Å²) in [6.07, 6.45) is 0. The van der Waals surface area contributed by atoms with Crippen molar-refractivity contribution in [2.24, 2.45) is 4.99 Å². The third-order valence-electron chi connectivity index (χ3n) is 3.59. The predicted molar refractivity (Wildman–Crippen MR) is 112 cm³/mol. The van der Waals surface area contributed by atoms with E-state index in [4.69, 9.17) is 0 Å². The van der Waals surface area contributed by atoms with E-state index >= 15 is 0 Å². The first-order valence-corrected chi connectivity index (χ1v) is 7.82. The lowest BCUT2D eigenvalue weighted by Crippen LogP contribution is -2.36. The summed E-state index contributed by atoms with van der Waals surface area (Å²) in [7, 11) is 5.64. The molecule has 1 aromatic carbocycles. The summed E-state index contributed by atoms with van der Waals surface area (Å²) in [6, 6.07) is 11.0. The Morgan fingerprint density at radius 1 is 1.16 bits per heavy atom. The maximum Gasteiger partial charge on any atom is 0.191 e. The minimum absolute atomic E-state index is 0. The van der Waals surface area contributed by atoms with E-state index in [-0.39, 0.29) is 29.8 Å². The van der Waals surface area contributed by atoms with Crippen molar-refractivity contribution in [3.8, 4) is 0 Å². The Bertz CT molecular complexity index is 718. The first-order valence-electron chi connectivity index (χ1n) is 7.82. The van der Waals surface area contributed by atoms with E-state index in [1.165, 1.54) is 6.07 Å². The summed E-state index contributed by atoms with van der Waals surface area (Å²) in [5.74, 6) is 1.40. The Kier molecular flexibility index (Phi) is 8.60. The number of halogens is 2. The highest BCUT2D eigenvalue weighted by Crippen LogP contribution is 2.09. The van der Waals surface area contributed by atoms with Gasteiger partial charge in [0.25, 0.3) is 0 Å². The van der Waals surface area contributed by atoms with Crippen molar-refractivity contribution < 1.29 is 4.39 Å². The summed E-state index contributed by atoms with van der Waals surface area (Å²) >= 11 is 0. The molecule has 25 heavy (non-hydrogen) atoms. The summed E-state index contributed by atoms with van der Waals surface area (Å²) in [5.41, 5.74) is 2.58. The van der Waals surface area contributed by atoms with Crippen LogP contribution in [-0.2, 0) is 13.1 Å². The van der Waals surface area contributed by atoms with Crippen molar-refractivity contribution >= 4 is 35.8 Å². The number of rotatable bonds is 5. The molecule has 0 amide bonds. The zero-order valence-electron chi connectivity index (χ0n) is 15.0. The van der Waals surface area contributed by atoms with Crippen LogP contribution in [0.25, 0.3) is 0 Å². The van der Waals surface area contributed by atoms with Crippen LogP contribution in [0.2, 0.25) is 0 Å². The Hall–Kier alpha value is -1.90. The molecule has 2 rings (SSSR count). The van der Waals surface area contributed by atoms with Gasteiger partial charge >= 0.3 is 0 Å². The van der Waals surface area contributed by atoms with Gasteiger partial charge < -0.3 is 15.5 Å². The topological polar surface area (TPSA) is 52.6 Å². The maximum absolute atomic E-state index is 13.3. The van der Waals surface area contributed by atoms with Crippen LogP contribution in [0, 0.1) is 12.7 Å². The molecule has 2 aromatic rings. The standard InChI is InChI=1S/C18H24FN5.HI/c1-13-10-14(8-9-16(13)19)11-21-18(20-2)22-12-15-6-5-7-17(23-15)24(3)4;/h5-10H,11-12H2,1-4H3,(H2,20,21,22);1H. The second-order valence-corrected chi connectivity index (χ2v) is 5.74. The van der Waals surface area contributed by atoms with Crippen LogP contribution in [0.3, 0.4) is 0 Å². The Balaban J connectivity index is 0.00000312. The van der Waals surface area contributed by atoms with Crippen molar-refractivity contribution in [2.45, 2.75) is 20.0 Å². The van der Waals surface area contributed by atoms with Crippen molar-refractivity contribution in [1.82, 2.24) is 15.6 Å². The molecule has 1 heterocycles. The summed E-state index contributed by atoms with van der Waals surface area (Å²) < 4.78 is 13.3. The molecule has 136 valence electrons. The minimum atomic E-state index is -0.187. The average molecular weight is 457 g/mol. The minimum Gasteiger partial charge on any atom is -0.363 e. The summed E-state index contributed by atoms with van der Waals surface area (Å²) in [6.45, 7) is 2.91. The van der Waals surface area contributed by atoms with Crippen molar-refractivity contribution in [2.75, 3.05) is 26.0 Å². The smallest absolute Gasteiger partial charge is 0.191 e. The molecule has 2 N–H and O–H groups in total. The van der Waals surface area contributed by atoms with Crippen LogP contribution >= 0.6 is 24.0 Å². The normalized spacial score (nSPS) is 10.8. The third kappa shape index (κ3) is 6.49. The predicted octanol–water partition coefficient (Wildman–Crippen LogP) is 3.08. The number of guanidine groups is 1. The number of aryl methyl sites for hydroxylation is 1. The number of aliphatic imine (C=N–C) groups is 1. The second kappa shape index (κ2) is 10.2. The fourth-order valence-electron chi connectivity index (χ4n) is 2.21. The van der Waals surface area contributed by atoms with Crippen molar-refractivity contribution in [3.63, 3.8) is 0 Å². The quantitative estimate of drug-likeness (QED) is 0.412. The lowest BCUT2D eigenvalue weighted by Gasteiger charge is -2.14. The molecule has 0 atom stereocenters. The van der Waals surface area contributed by atoms with E-state index in [0.717, 1.165) is 17.1 Å². The third-order valence-corrected chi connectivity index (χ3v) is 3.59. The largest absolute Gasteiger partial charge is 0.363 e. The molecule has 0 radical (unpaired) electrons. The molecular formula is C18H25FIN5. The number of nitrogens with zero attached hydrogens (tertiary/aromatic N) is 3. The van der Waals surface area contributed by atoms with E-state index in [1.807, 2.05) is 43.3 Å². The summed E-state index contributed by atoms with van der Waals surface area (Å²) in [4.78, 5) is 10.7. The fraction of sp³-hybridized carbons (Fsp3) is 0.333. The molecule has 0 fully saturated rings. The lowest BCUT2D eigenvalue weighted by atomic mass is 10.1.